The summed E-state index contributed by atoms with van der Waals surface area (Å²) < 4.78 is 5.35. The number of carbonyl (C=O) groups is 3. The van der Waals surface area contributed by atoms with Crippen LogP contribution in [0.15, 0.2) is 36.4 Å². The average molecular weight is 528 g/mol. The zero-order chi connectivity index (χ0) is 28.8. The Labute approximate surface area is 225 Å². The Morgan fingerprint density at radius 3 is 2.05 bits per heavy atom. The number of ether oxygens (including phenoxy) is 1. The smallest absolute Gasteiger partial charge is 0.408 e. The highest BCUT2D eigenvalue weighted by molar-refractivity contribution is 6.00. The van der Waals surface area contributed by atoms with Crippen molar-refractivity contribution in [1.82, 2.24) is 10.2 Å². The van der Waals surface area contributed by atoms with Gasteiger partial charge in [0.25, 0.3) is 5.91 Å². The van der Waals surface area contributed by atoms with Crippen molar-refractivity contribution in [3.63, 3.8) is 0 Å². The van der Waals surface area contributed by atoms with E-state index in [1.165, 1.54) is 4.90 Å². The maximum atomic E-state index is 14.0. The van der Waals surface area contributed by atoms with Gasteiger partial charge in [-0.05, 0) is 64.2 Å². The minimum absolute atomic E-state index is 0.133. The first-order chi connectivity index (χ1) is 17.7. The number of aliphatic hydroxyl groups is 1. The first-order valence-electron chi connectivity index (χ1n) is 12.7. The van der Waals surface area contributed by atoms with E-state index in [1.807, 2.05) is 32.0 Å². The van der Waals surface area contributed by atoms with E-state index in [4.69, 9.17) is 4.74 Å². The van der Waals surface area contributed by atoms with Gasteiger partial charge in [-0.15, -0.1) is 0 Å². The van der Waals surface area contributed by atoms with Gasteiger partial charge in [-0.2, -0.15) is 0 Å². The number of rotatable bonds is 9. The molecule has 2 aromatic rings. The number of aliphatic hydroxyl groups excluding tert-OH is 1. The number of nitrogens with zero attached hydrogens (tertiary/aromatic N) is 1. The molecule has 0 radical (unpaired) electrons. The number of aryl methyl sites for hydroxylation is 3. The van der Waals surface area contributed by atoms with Crippen LogP contribution in [0.5, 0.6) is 5.75 Å². The van der Waals surface area contributed by atoms with Crippen molar-refractivity contribution < 1.29 is 29.3 Å². The van der Waals surface area contributed by atoms with Gasteiger partial charge in [-0.3, -0.25) is 9.59 Å². The second kappa shape index (κ2) is 12.8. The van der Waals surface area contributed by atoms with Crippen molar-refractivity contribution in [2.24, 2.45) is 5.92 Å². The van der Waals surface area contributed by atoms with Crippen LogP contribution >= 0.6 is 0 Å². The molecule has 0 fully saturated rings. The number of nitrogens with one attached hydrogen (secondary N) is 2. The number of amides is 3. The first-order valence-corrected chi connectivity index (χ1v) is 12.7. The van der Waals surface area contributed by atoms with Gasteiger partial charge in [0.05, 0.1) is 6.61 Å². The number of para-hydroxylation sites is 2. The molecule has 9 nitrogen and oxygen atoms in total. The van der Waals surface area contributed by atoms with E-state index >= 15 is 0 Å². The van der Waals surface area contributed by atoms with Crippen LogP contribution in [0.1, 0.15) is 62.9 Å². The number of phenolic OH excluding ortho intramolecular Hbond substituents is 1. The summed E-state index contributed by atoms with van der Waals surface area (Å²) in [6.45, 7) is 13.4. The van der Waals surface area contributed by atoms with Gasteiger partial charge in [-0.25, -0.2) is 4.79 Å². The minimum Gasteiger partial charge on any atom is -0.507 e. The Balaban J connectivity index is 2.59. The Hall–Kier alpha value is -3.59. The van der Waals surface area contributed by atoms with Gasteiger partial charge in [0.1, 0.15) is 23.4 Å². The highest BCUT2D eigenvalue weighted by atomic mass is 16.6. The number of alkyl carbamates (subject to hydrolysis) is 1. The fourth-order valence-electron chi connectivity index (χ4n) is 4.16. The second-order valence-corrected chi connectivity index (χ2v) is 10.8. The predicted molar refractivity (Wildman–Crippen MR) is 147 cm³/mol. The van der Waals surface area contributed by atoms with Gasteiger partial charge >= 0.3 is 6.09 Å². The summed E-state index contributed by atoms with van der Waals surface area (Å²) in [5.74, 6) is -1.66. The van der Waals surface area contributed by atoms with Gasteiger partial charge in [0.15, 0.2) is 0 Å². The molecule has 0 saturated carbocycles. The molecule has 9 heteroatoms. The third kappa shape index (κ3) is 7.71. The summed E-state index contributed by atoms with van der Waals surface area (Å²) in [6.07, 6.45) is -0.775. The normalized spacial score (nSPS) is 13.0. The Morgan fingerprint density at radius 1 is 0.974 bits per heavy atom. The summed E-state index contributed by atoms with van der Waals surface area (Å²) >= 11 is 0. The van der Waals surface area contributed by atoms with E-state index < -0.39 is 42.2 Å². The van der Waals surface area contributed by atoms with Crippen LogP contribution in [-0.4, -0.2) is 57.8 Å². The van der Waals surface area contributed by atoms with Crippen LogP contribution in [0.25, 0.3) is 0 Å². The van der Waals surface area contributed by atoms with Gasteiger partial charge in [0.2, 0.25) is 5.91 Å². The highest BCUT2D eigenvalue weighted by Crippen LogP contribution is 2.34. The molecule has 3 amide bonds. The van der Waals surface area contributed by atoms with Crippen molar-refractivity contribution >= 4 is 23.6 Å². The van der Waals surface area contributed by atoms with Crippen LogP contribution in [-0.2, 0) is 14.3 Å². The summed E-state index contributed by atoms with van der Waals surface area (Å²) in [5.41, 5.74) is 2.21. The molecule has 0 aliphatic carbocycles. The van der Waals surface area contributed by atoms with E-state index in [0.717, 1.165) is 11.1 Å². The lowest BCUT2D eigenvalue weighted by atomic mass is 9.96. The lowest BCUT2D eigenvalue weighted by molar-refractivity contribution is -0.142. The molecule has 208 valence electrons. The number of aromatic hydroxyl groups is 1. The van der Waals surface area contributed by atoms with Crippen molar-refractivity contribution in [2.45, 2.75) is 73.1 Å². The van der Waals surface area contributed by atoms with Crippen molar-refractivity contribution in [3.05, 3.63) is 58.7 Å². The fourth-order valence-corrected chi connectivity index (χ4v) is 4.16. The Morgan fingerprint density at radius 2 is 1.53 bits per heavy atom. The van der Waals surface area contributed by atoms with Crippen LogP contribution in [0.2, 0.25) is 0 Å². The third-order valence-corrected chi connectivity index (χ3v) is 6.08. The molecule has 0 bridgehead atoms. The Bertz CT molecular complexity index is 1140. The SMILES string of the molecule is Cc1cccc(C(C(=O)Nc2c(C)cccc2C)N(CCO)C(=O)C(NC(=O)OC(C)(C)C)C(C)C)c1O. The zero-order valence-electron chi connectivity index (χ0n) is 23.6. The number of anilines is 1. The number of hydrogen-bond acceptors (Lipinski definition) is 6. The summed E-state index contributed by atoms with van der Waals surface area (Å²) in [7, 11) is 0. The summed E-state index contributed by atoms with van der Waals surface area (Å²) in [5, 5.41) is 26.4. The molecule has 0 spiro atoms. The fraction of sp³-hybridized carbons (Fsp3) is 0.483. The summed E-state index contributed by atoms with van der Waals surface area (Å²) in [4.78, 5) is 41.6. The molecule has 0 heterocycles. The van der Waals surface area contributed by atoms with E-state index in [1.54, 1.807) is 59.7 Å². The maximum Gasteiger partial charge on any atom is 0.408 e. The molecule has 2 atom stereocenters. The molecule has 0 aliphatic heterocycles. The lowest BCUT2D eigenvalue weighted by Crippen LogP contribution is -2.55. The van der Waals surface area contributed by atoms with E-state index in [2.05, 4.69) is 10.6 Å². The van der Waals surface area contributed by atoms with E-state index in [9.17, 15) is 24.6 Å². The van der Waals surface area contributed by atoms with E-state index in [-0.39, 0.29) is 23.8 Å². The van der Waals surface area contributed by atoms with Gasteiger partial charge in [-0.1, -0.05) is 50.2 Å². The molecule has 0 aliphatic rings. The van der Waals surface area contributed by atoms with Gasteiger partial charge < -0.3 is 30.5 Å². The molecular formula is C29H41N3O6. The maximum absolute atomic E-state index is 14.0. The molecule has 2 unspecified atom stereocenters. The molecule has 38 heavy (non-hydrogen) atoms. The van der Waals surface area contributed by atoms with Crippen molar-refractivity contribution in [2.75, 3.05) is 18.5 Å². The quantitative estimate of drug-likeness (QED) is 0.383. The van der Waals surface area contributed by atoms with Crippen molar-refractivity contribution in [1.29, 1.82) is 0 Å². The molecule has 2 aromatic carbocycles. The van der Waals surface area contributed by atoms with Crippen LogP contribution in [0.4, 0.5) is 10.5 Å². The molecule has 0 aromatic heterocycles. The molecule has 4 N–H and O–H groups in total. The molecule has 2 rings (SSSR count). The van der Waals surface area contributed by atoms with E-state index in [0.29, 0.717) is 11.3 Å². The van der Waals surface area contributed by atoms with Gasteiger partial charge in [0, 0.05) is 17.8 Å². The monoisotopic (exact) mass is 527 g/mol. The number of hydrogen-bond donors (Lipinski definition) is 4. The molecule has 0 saturated heterocycles. The predicted octanol–water partition coefficient (Wildman–Crippen LogP) is 4.37. The Kier molecular flexibility index (Phi) is 10.3. The number of phenols is 1. The van der Waals surface area contributed by atoms with Crippen LogP contribution < -0.4 is 10.6 Å². The van der Waals surface area contributed by atoms with Crippen molar-refractivity contribution in [3.8, 4) is 5.75 Å². The zero-order valence-corrected chi connectivity index (χ0v) is 23.6. The topological polar surface area (TPSA) is 128 Å². The first kappa shape index (κ1) is 30.6. The second-order valence-electron chi connectivity index (χ2n) is 10.8. The minimum atomic E-state index is -1.30. The highest BCUT2D eigenvalue weighted by Gasteiger charge is 2.38. The number of benzene rings is 2. The number of carbonyl (C=O) groups excluding carboxylic acids is 3. The largest absolute Gasteiger partial charge is 0.507 e. The molecular weight excluding hydrogens is 486 g/mol. The summed E-state index contributed by atoms with van der Waals surface area (Å²) in [6, 6.07) is 8.19. The standard InChI is InChI=1S/C29H41N3O6/c1-17(2)22(31-28(37)38-29(6,7)8)27(36)32(15-16-33)24(21-14-10-13-20(5)25(21)34)26(35)30-23-18(3)11-9-12-19(23)4/h9-14,17,22,24,33-34H,15-16H2,1-8H3,(H,30,35)(H,31,37). The average Bonchev–Trinajstić information content (AvgIpc) is 2.80. The van der Waals surface area contributed by atoms with Crippen LogP contribution in [0, 0.1) is 26.7 Å². The lowest BCUT2D eigenvalue weighted by Gasteiger charge is -2.35. The third-order valence-electron chi connectivity index (χ3n) is 6.08. The van der Waals surface area contributed by atoms with Crippen LogP contribution in [0.3, 0.4) is 0 Å².